The summed E-state index contributed by atoms with van der Waals surface area (Å²) in [6.45, 7) is 6.54. The zero-order valence-corrected chi connectivity index (χ0v) is 11.1. The highest BCUT2D eigenvalue weighted by Gasteiger charge is 2.04. The minimum absolute atomic E-state index is 0.826. The molecule has 0 aromatic heterocycles. The van der Waals surface area contributed by atoms with Crippen LogP contribution in [-0.2, 0) is 6.54 Å². The lowest BCUT2D eigenvalue weighted by Gasteiger charge is -2.21. The molecule has 0 spiro atoms. The second-order valence-electron chi connectivity index (χ2n) is 4.61. The van der Waals surface area contributed by atoms with Gasteiger partial charge in [-0.05, 0) is 44.5 Å². The van der Waals surface area contributed by atoms with Crippen LogP contribution in [0.3, 0.4) is 0 Å². The van der Waals surface area contributed by atoms with Crippen LogP contribution >= 0.6 is 0 Å². The SMILES string of the molecule is CCCN(CCCCCN)Cc1ccccc1. The normalized spacial score (nSPS) is 11.0. The minimum atomic E-state index is 0.826. The fourth-order valence-electron chi connectivity index (χ4n) is 2.08. The standard InChI is InChI=1S/C15H26N2/c1-2-12-17(13-8-4-7-11-16)14-15-9-5-3-6-10-15/h3,5-6,9-10H,2,4,7-8,11-14,16H2,1H3. The van der Waals surface area contributed by atoms with Crippen LogP contribution in [0.1, 0.15) is 38.2 Å². The van der Waals surface area contributed by atoms with Crippen molar-refractivity contribution >= 4 is 0 Å². The fourth-order valence-corrected chi connectivity index (χ4v) is 2.08. The van der Waals surface area contributed by atoms with Gasteiger partial charge in [-0.1, -0.05) is 43.7 Å². The van der Waals surface area contributed by atoms with Crippen molar-refractivity contribution in [2.75, 3.05) is 19.6 Å². The Hall–Kier alpha value is -0.860. The quantitative estimate of drug-likeness (QED) is 0.665. The van der Waals surface area contributed by atoms with Gasteiger partial charge in [-0.2, -0.15) is 0 Å². The summed E-state index contributed by atoms with van der Waals surface area (Å²) in [4.78, 5) is 2.55. The van der Waals surface area contributed by atoms with Crippen molar-refractivity contribution in [2.24, 2.45) is 5.73 Å². The first-order chi connectivity index (χ1) is 8.36. The molecule has 0 aliphatic carbocycles. The van der Waals surface area contributed by atoms with Gasteiger partial charge in [0.15, 0.2) is 0 Å². The Kier molecular flexibility index (Phi) is 7.69. The highest BCUT2D eigenvalue weighted by atomic mass is 15.1. The molecule has 0 unspecified atom stereocenters. The smallest absolute Gasteiger partial charge is 0.0233 e. The van der Waals surface area contributed by atoms with Gasteiger partial charge in [0.25, 0.3) is 0 Å². The Bertz CT molecular complexity index is 272. The van der Waals surface area contributed by atoms with Crippen LogP contribution in [0, 0.1) is 0 Å². The van der Waals surface area contributed by atoms with Crippen LogP contribution in [0.5, 0.6) is 0 Å². The van der Waals surface area contributed by atoms with Crippen molar-refractivity contribution in [3.05, 3.63) is 35.9 Å². The molecule has 2 nitrogen and oxygen atoms in total. The van der Waals surface area contributed by atoms with Gasteiger partial charge in [0.1, 0.15) is 0 Å². The maximum atomic E-state index is 5.51. The van der Waals surface area contributed by atoms with Crippen molar-refractivity contribution in [2.45, 2.75) is 39.2 Å². The first-order valence-electron chi connectivity index (χ1n) is 6.83. The van der Waals surface area contributed by atoms with Gasteiger partial charge in [-0.3, -0.25) is 4.90 Å². The molecular weight excluding hydrogens is 208 g/mol. The lowest BCUT2D eigenvalue weighted by molar-refractivity contribution is 0.259. The first kappa shape index (κ1) is 14.2. The third-order valence-corrected chi connectivity index (χ3v) is 2.97. The largest absolute Gasteiger partial charge is 0.330 e. The molecule has 1 aromatic carbocycles. The van der Waals surface area contributed by atoms with Crippen LogP contribution in [0.2, 0.25) is 0 Å². The zero-order valence-electron chi connectivity index (χ0n) is 11.1. The predicted molar refractivity (Wildman–Crippen MR) is 74.9 cm³/mol. The Balaban J connectivity index is 2.32. The Labute approximate surface area is 106 Å². The van der Waals surface area contributed by atoms with E-state index in [4.69, 9.17) is 5.73 Å². The van der Waals surface area contributed by atoms with Gasteiger partial charge in [-0.15, -0.1) is 0 Å². The van der Waals surface area contributed by atoms with Crippen LogP contribution in [0.25, 0.3) is 0 Å². The van der Waals surface area contributed by atoms with E-state index in [-0.39, 0.29) is 0 Å². The molecule has 0 bridgehead atoms. The third-order valence-electron chi connectivity index (χ3n) is 2.97. The molecule has 17 heavy (non-hydrogen) atoms. The average molecular weight is 234 g/mol. The van der Waals surface area contributed by atoms with Gasteiger partial charge >= 0.3 is 0 Å². The minimum Gasteiger partial charge on any atom is -0.330 e. The highest BCUT2D eigenvalue weighted by molar-refractivity contribution is 5.14. The van der Waals surface area contributed by atoms with E-state index in [1.54, 1.807) is 0 Å². The summed E-state index contributed by atoms with van der Waals surface area (Å²) in [6, 6.07) is 10.7. The lowest BCUT2D eigenvalue weighted by Crippen LogP contribution is -2.25. The summed E-state index contributed by atoms with van der Waals surface area (Å²) >= 11 is 0. The number of nitrogens with zero attached hydrogens (tertiary/aromatic N) is 1. The molecule has 0 heterocycles. The predicted octanol–water partition coefficient (Wildman–Crippen LogP) is 3.03. The van der Waals surface area contributed by atoms with E-state index in [2.05, 4.69) is 42.2 Å². The second kappa shape index (κ2) is 9.20. The molecule has 1 aromatic rings. The van der Waals surface area contributed by atoms with Gasteiger partial charge in [0.2, 0.25) is 0 Å². The molecule has 0 atom stereocenters. The summed E-state index contributed by atoms with van der Waals surface area (Å²) < 4.78 is 0. The first-order valence-corrected chi connectivity index (χ1v) is 6.83. The van der Waals surface area contributed by atoms with Crippen molar-refractivity contribution in [3.63, 3.8) is 0 Å². The van der Waals surface area contributed by atoms with Crippen LogP contribution in [0.4, 0.5) is 0 Å². The summed E-state index contributed by atoms with van der Waals surface area (Å²) in [5.74, 6) is 0. The van der Waals surface area contributed by atoms with Gasteiger partial charge < -0.3 is 5.73 Å². The van der Waals surface area contributed by atoms with E-state index in [0.29, 0.717) is 0 Å². The molecule has 0 aliphatic rings. The van der Waals surface area contributed by atoms with Gasteiger partial charge in [0.05, 0.1) is 0 Å². The molecule has 2 N–H and O–H groups in total. The van der Waals surface area contributed by atoms with E-state index in [0.717, 1.165) is 19.5 Å². The summed E-state index contributed by atoms with van der Waals surface area (Å²) in [7, 11) is 0. The zero-order chi connectivity index (χ0) is 12.3. The van der Waals surface area contributed by atoms with E-state index < -0.39 is 0 Å². The molecule has 2 heteroatoms. The van der Waals surface area contributed by atoms with Crippen LogP contribution < -0.4 is 5.73 Å². The van der Waals surface area contributed by atoms with Crippen molar-refractivity contribution in [1.82, 2.24) is 4.90 Å². The van der Waals surface area contributed by atoms with Crippen LogP contribution in [0.15, 0.2) is 30.3 Å². The second-order valence-corrected chi connectivity index (χ2v) is 4.61. The molecule has 0 radical (unpaired) electrons. The van der Waals surface area contributed by atoms with Gasteiger partial charge in [-0.25, -0.2) is 0 Å². The van der Waals surface area contributed by atoms with Crippen molar-refractivity contribution < 1.29 is 0 Å². The highest BCUT2D eigenvalue weighted by Crippen LogP contribution is 2.07. The molecule has 0 fully saturated rings. The number of hydrogen-bond acceptors (Lipinski definition) is 2. The number of rotatable bonds is 9. The third kappa shape index (κ3) is 6.44. The summed E-state index contributed by atoms with van der Waals surface area (Å²) in [5, 5.41) is 0. The molecule has 0 aliphatic heterocycles. The number of benzene rings is 1. The fraction of sp³-hybridized carbons (Fsp3) is 0.600. The van der Waals surface area contributed by atoms with Crippen molar-refractivity contribution in [1.29, 1.82) is 0 Å². The number of nitrogens with two attached hydrogens (primary N) is 1. The molecule has 1 rings (SSSR count). The van der Waals surface area contributed by atoms with E-state index in [1.807, 2.05) is 0 Å². The molecule has 96 valence electrons. The monoisotopic (exact) mass is 234 g/mol. The van der Waals surface area contributed by atoms with E-state index in [9.17, 15) is 0 Å². The van der Waals surface area contributed by atoms with Crippen molar-refractivity contribution in [3.8, 4) is 0 Å². The van der Waals surface area contributed by atoms with Crippen LogP contribution in [-0.4, -0.2) is 24.5 Å². The topological polar surface area (TPSA) is 29.3 Å². The van der Waals surface area contributed by atoms with E-state index >= 15 is 0 Å². The Morgan fingerprint density at radius 3 is 2.41 bits per heavy atom. The Morgan fingerprint density at radius 1 is 1.00 bits per heavy atom. The Morgan fingerprint density at radius 2 is 1.76 bits per heavy atom. The molecule has 0 saturated heterocycles. The summed E-state index contributed by atoms with van der Waals surface area (Å²) in [5.41, 5.74) is 6.93. The molecular formula is C15H26N2. The maximum Gasteiger partial charge on any atom is 0.0233 e. The number of hydrogen-bond donors (Lipinski definition) is 1. The molecule has 0 saturated carbocycles. The maximum absolute atomic E-state index is 5.51. The summed E-state index contributed by atoms with van der Waals surface area (Å²) in [6.07, 6.45) is 4.91. The van der Waals surface area contributed by atoms with E-state index in [1.165, 1.54) is 37.9 Å². The average Bonchev–Trinajstić information content (AvgIpc) is 2.36. The lowest BCUT2D eigenvalue weighted by atomic mass is 10.2. The molecule has 0 amide bonds. The van der Waals surface area contributed by atoms with Gasteiger partial charge in [0, 0.05) is 6.54 Å². The number of unbranched alkanes of at least 4 members (excludes halogenated alkanes) is 2.